The monoisotopic (exact) mass is 498 g/mol. The molecule has 1 atom stereocenters. The minimum atomic E-state index is -3.91. The third kappa shape index (κ3) is 5.50. The first-order valence-corrected chi connectivity index (χ1v) is 13.3. The fraction of sp³-hybridized carbons (Fsp3) is 0.167. The summed E-state index contributed by atoms with van der Waals surface area (Å²) >= 11 is 0. The lowest BCUT2D eigenvalue weighted by molar-refractivity contribution is 0.0942. The predicted molar refractivity (Wildman–Crippen MR) is 145 cm³/mol. The van der Waals surface area contributed by atoms with Gasteiger partial charge in [-0.2, -0.15) is 0 Å². The van der Waals surface area contributed by atoms with E-state index in [4.69, 9.17) is 0 Å². The van der Waals surface area contributed by atoms with Gasteiger partial charge in [0.25, 0.3) is 15.9 Å². The number of hydrogen-bond acceptors (Lipinski definition) is 3. The highest BCUT2D eigenvalue weighted by Gasteiger charge is 2.22. The average Bonchev–Trinajstić information content (AvgIpc) is 2.86. The van der Waals surface area contributed by atoms with Gasteiger partial charge in [0, 0.05) is 5.56 Å². The van der Waals surface area contributed by atoms with Crippen molar-refractivity contribution in [2.75, 3.05) is 4.72 Å². The van der Waals surface area contributed by atoms with E-state index in [0.29, 0.717) is 11.3 Å². The summed E-state index contributed by atoms with van der Waals surface area (Å²) in [7, 11) is -3.91. The number of aryl methyl sites for hydroxylation is 3. The number of hydrogen-bond donors (Lipinski definition) is 2. The van der Waals surface area contributed by atoms with Gasteiger partial charge in [0.2, 0.25) is 0 Å². The van der Waals surface area contributed by atoms with E-state index in [0.717, 1.165) is 27.8 Å². The summed E-state index contributed by atoms with van der Waals surface area (Å²) in [6.07, 6.45) is 0. The molecular formula is C30H30N2O3S. The van der Waals surface area contributed by atoms with Crippen molar-refractivity contribution < 1.29 is 13.2 Å². The number of nitrogens with one attached hydrogen (secondary N) is 2. The molecule has 0 saturated heterocycles. The Hall–Kier alpha value is -3.90. The lowest BCUT2D eigenvalue weighted by Gasteiger charge is -2.21. The number of rotatable bonds is 7. The number of anilines is 1. The molecule has 2 N–H and O–H groups in total. The van der Waals surface area contributed by atoms with Gasteiger partial charge in [0.05, 0.1) is 16.6 Å². The number of sulfonamides is 1. The van der Waals surface area contributed by atoms with Gasteiger partial charge in [-0.1, -0.05) is 78.4 Å². The minimum Gasteiger partial charge on any atom is -0.341 e. The molecule has 1 unspecified atom stereocenters. The molecule has 0 aliphatic heterocycles. The fourth-order valence-electron chi connectivity index (χ4n) is 4.07. The zero-order valence-electron chi connectivity index (χ0n) is 20.9. The van der Waals surface area contributed by atoms with Crippen LogP contribution < -0.4 is 10.0 Å². The van der Waals surface area contributed by atoms with Gasteiger partial charge in [-0.15, -0.1) is 0 Å². The second kappa shape index (κ2) is 10.4. The molecule has 5 nitrogen and oxygen atoms in total. The van der Waals surface area contributed by atoms with Gasteiger partial charge in [0.15, 0.2) is 0 Å². The summed E-state index contributed by atoms with van der Waals surface area (Å²) in [5, 5.41) is 3.10. The van der Waals surface area contributed by atoms with E-state index in [9.17, 15) is 13.2 Å². The second-order valence-corrected chi connectivity index (χ2v) is 10.7. The van der Waals surface area contributed by atoms with Crippen LogP contribution in [0.15, 0.2) is 95.9 Å². The average molecular weight is 499 g/mol. The van der Waals surface area contributed by atoms with Crippen LogP contribution in [0.3, 0.4) is 0 Å². The Morgan fingerprint density at radius 2 is 1.39 bits per heavy atom. The summed E-state index contributed by atoms with van der Waals surface area (Å²) in [6.45, 7) is 7.54. The molecule has 0 spiro atoms. The van der Waals surface area contributed by atoms with Crippen molar-refractivity contribution in [1.82, 2.24) is 5.32 Å². The summed E-state index contributed by atoms with van der Waals surface area (Å²) in [5.74, 6) is -0.354. The summed E-state index contributed by atoms with van der Waals surface area (Å²) in [5.41, 5.74) is 6.20. The Kier molecular flexibility index (Phi) is 7.27. The number of carbonyl (C=O) groups is 1. The van der Waals surface area contributed by atoms with Crippen LogP contribution in [0, 0.1) is 27.7 Å². The smallest absolute Gasteiger partial charge is 0.262 e. The maximum absolute atomic E-state index is 13.4. The van der Waals surface area contributed by atoms with Gasteiger partial charge in [-0.05, 0) is 73.7 Å². The van der Waals surface area contributed by atoms with E-state index < -0.39 is 10.0 Å². The lowest BCUT2D eigenvalue weighted by Crippen LogP contribution is -2.29. The first-order valence-electron chi connectivity index (χ1n) is 11.8. The summed E-state index contributed by atoms with van der Waals surface area (Å²) < 4.78 is 29.3. The van der Waals surface area contributed by atoms with Gasteiger partial charge >= 0.3 is 0 Å². The molecule has 4 aromatic carbocycles. The molecule has 4 aromatic rings. The zero-order chi connectivity index (χ0) is 25.9. The van der Waals surface area contributed by atoms with E-state index >= 15 is 0 Å². The molecule has 0 heterocycles. The van der Waals surface area contributed by atoms with Crippen LogP contribution in [-0.2, 0) is 10.0 Å². The molecule has 0 aliphatic rings. The van der Waals surface area contributed by atoms with Crippen LogP contribution in [0.25, 0.3) is 0 Å². The van der Waals surface area contributed by atoms with Crippen molar-refractivity contribution >= 4 is 21.6 Å². The highest BCUT2D eigenvalue weighted by molar-refractivity contribution is 7.92. The van der Waals surface area contributed by atoms with Crippen molar-refractivity contribution in [1.29, 1.82) is 0 Å². The Balaban J connectivity index is 1.66. The highest BCUT2D eigenvalue weighted by atomic mass is 32.2. The van der Waals surface area contributed by atoms with Crippen LogP contribution in [0.1, 0.15) is 49.8 Å². The molecule has 4 rings (SSSR count). The van der Waals surface area contributed by atoms with Gasteiger partial charge in [-0.3, -0.25) is 9.52 Å². The number of amides is 1. The third-order valence-electron chi connectivity index (χ3n) is 6.41. The van der Waals surface area contributed by atoms with E-state index in [-0.39, 0.29) is 22.4 Å². The molecule has 0 bridgehead atoms. The molecule has 6 heteroatoms. The standard InChI is InChI=1S/C30H30N2O3S/c1-20-13-16-25(17-14-20)29(24-10-6-5-7-11-24)31-30(33)26-18-15-22(3)28(19-26)36(34,35)32-27-12-8-9-21(2)23(27)4/h5-19,29,32H,1-4H3,(H,31,33). The number of benzene rings is 4. The molecule has 1 amide bonds. The third-order valence-corrected chi connectivity index (χ3v) is 7.92. The van der Waals surface area contributed by atoms with Crippen LogP contribution in [0.2, 0.25) is 0 Å². The van der Waals surface area contributed by atoms with E-state index in [2.05, 4.69) is 10.0 Å². The van der Waals surface area contributed by atoms with Gasteiger partial charge in [0.1, 0.15) is 0 Å². The second-order valence-electron chi connectivity index (χ2n) is 9.06. The molecule has 36 heavy (non-hydrogen) atoms. The maximum atomic E-state index is 13.4. The molecule has 0 fully saturated rings. The minimum absolute atomic E-state index is 0.0719. The normalized spacial score (nSPS) is 12.1. The fourth-order valence-corrected chi connectivity index (χ4v) is 5.46. The molecule has 0 aromatic heterocycles. The lowest BCUT2D eigenvalue weighted by atomic mass is 9.97. The first kappa shape index (κ1) is 25.2. The van der Waals surface area contributed by atoms with Crippen molar-refractivity contribution in [3.8, 4) is 0 Å². The first-order chi connectivity index (χ1) is 17.2. The quantitative estimate of drug-likeness (QED) is 0.317. The zero-order valence-corrected chi connectivity index (χ0v) is 21.7. The van der Waals surface area contributed by atoms with Crippen LogP contribution >= 0.6 is 0 Å². The Morgan fingerprint density at radius 3 is 2.08 bits per heavy atom. The molecule has 0 aliphatic carbocycles. The van der Waals surface area contributed by atoms with Crippen molar-refractivity contribution in [3.63, 3.8) is 0 Å². The Morgan fingerprint density at radius 1 is 0.722 bits per heavy atom. The largest absolute Gasteiger partial charge is 0.341 e. The highest BCUT2D eigenvalue weighted by Crippen LogP contribution is 2.26. The topological polar surface area (TPSA) is 75.3 Å². The number of carbonyl (C=O) groups excluding carboxylic acids is 1. The molecule has 0 radical (unpaired) electrons. The van der Waals surface area contributed by atoms with Crippen LogP contribution in [-0.4, -0.2) is 14.3 Å². The van der Waals surface area contributed by atoms with E-state index in [1.807, 2.05) is 87.5 Å². The predicted octanol–water partition coefficient (Wildman–Crippen LogP) is 6.24. The summed E-state index contributed by atoms with van der Waals surface area (Å²) in [4.78, 5) is 13.5. The van der Waals surface area contributed by atoms with Crippen LogP contribution in [0.5, 0.6) is 0 Å². The van der Waals surface area contributed by atoms with E-state index in [1.54, 1.807) is 25.1 Å². The van der Waals surface area contributed by atoms with E-state index in [1.165, 1.54) is 6.07 Å². The summed E-state index contributed by atoms with van der Waals surface area (Å²) in [6, 6.07) is 27.6. The molecule has 184 valence electrons. The van der Waals surface area contributed by atoms with Crippen molar-refractivity contribution in [2.24, 2.45) is 0 Å². The maximum Gasteiger partial charge on any atom is 0.262 e. The molecular weight excluding hydrogens is 468 g/mol. The SMILES string of the molecule is Cc1ccc(C(NC(=O)c2ccc(C)c(S(=O)(=O)Nc3cccc(C)c3C)c2)c2ccccc2)cc1. The van der Waals surface area contributed by atoms with Crippen LogP contribution in [0.4, 0.5) is 5.69 Å². The Bertz CT molecular complexity index is 1500. The van der Waals surface area contributed by atoms with Gasteiger partial charge < -0.3 is 5.32 Å². The van der Waals surface area contributed by atoms with Crippen molar-refractivity contribution in [3.05, 3.63) is 130 Å². The van der Waals surface area contributed by atoms with Crippen molar-refractivity contribution in [2.45, 2.75) is 38.6 Å². The van der Waals surface area contributed by atoms with Gasteiger partial charge in [-0.25, -0.2) is 8.42 Å². The molecule has 0 saturated carbocycles. The Labute approximate surface area is 213 Å².